The van der Waals surface area contributed by atoms with E-state index >= 15 is 0 Å². The molecule has 0 spiro atoms. The van der Waals surface area contributed by atoms with Gasteiger partial charge in [-0.15, -0.1) is 0 Å². The molecule has 1 atom stereocenters. The fourth-order valence-corrected chi connectivity index (χ4v) is 1.60. The molecule has 0 fully saturated rings. The van der Waals surface area contributed by atoms with E-state index in [2.05, 4.69) is 0 Å². The highest BCUT2D eigenvalue weighted by Crippen LogP contribution is 1.95. The molecule has 2 rings (SSSR count). The van der Waals surface area contributed by atoms with Crippen LogP contribution in [0, 0.1) is 0 Å². The van der Waals surface area contributed by atoms with E-state index in [4.69, 9.17) is 5.50 Å². The van der Waals surface area contributed by atoms with Crippen molar-refractivity contribution in [2.24, 2.45) is 5.50 Å². The van der Waals surface area contributed by atoms with E-state index in [1.165, 1.54) is 5.30 Å². The molecule has 13 heavy (non-hydrogen) atoms. The molecular weight excluding hydrogens is 197 g/mol. The number of thiophene rings is 1. The van der Waals surface area contributed by atoms with Gasteiger partial charge in [0.05, 0.1) is 0 Å². The molecule has 2 aromatic rings. The Hall–Kier alpha value is -0.690. The van der Waals surface area contributed by atoms with Crippen LogP contribution >= 0.6 is 20.1 Å². The maximum absolute atomic E-state index is 5.38. The van der Waals surface area contributed by atoms with Crippen LogP contribution in [0.4, 0.5) is 0 Å². The molecule has 2 N–H and O–H groups in total. The molecule has 1 unspecified atom stereocenters. The SMILES string of the molecule is NPc1ccccc1.c1ccsc1. The Labute approximate surface area is 84.4 Å². The van der Waals surface area contributed by atoms with E-state index in [0.717, 1.165) is 0 Å². The second-order valence-corrected chi connectivity index (χ2v) is 3.99. The van der Waals surface area contributed by atoms with E-state index in [9.17, 15) is 0 Å². The Morgan fingerprint density at radius 1 is 0.923 bits per heavy atom. The van der Waals surface area contributed by atoms with Crippen molar-refractivity contribution in [1.29, 1.82) is 0 Å². The van der Waals surface area contributed by atoms with Crippen molar-refractivity contribution in [3.05, 3.63) is 53.2 Å². The molecule has 0 bridgehead atoms. The van der Waals surface area contributed by atoms with Crippen LogP contribution in [0.15, 0.2) is 53.2 Å². The Morgan fingerprint density at radius 3 is 1.85 bits per heavy atom. The van der Waals surface area contributed by atoms with Gasteiger partial charge in [-0.1, -0.05) is 42.5 Å². The summed E-state index contributed by atoms with van der Waals surface area (Å²) in [5.41, 5.74) is 5.38. The van der Waals surface area contributed by atoms with Gasteiger partial charge in [-0.2, -0.15) is 11.3 Å². The molecule has 3 heteroatoms. The zero-order valence-corrected chi connectivity index (χ0v) is 9.00. The summed E-state index contributed by atoms with van der Waals surface area (Å²) in [5.74, 6) is 0. The summed E-state index contributed by atoms with van der Waals surface area (Å²) in [6.07, 6.45) is 0. The fraction of sp³-hybridized carbons (Fsp3) is 0. The first kappa shape index (κ1) is 10.4. The van der Waals surface area contributed by atoms with Gasteiger partial charge in [0, 0.05) is 0 Å². The van der Waals surface area contributed by atoms with Gasteiger partial charge in [-0.05, 0) is 24.8 Å². The molecule has 0 aliphatic heterocycles. The summed E-state index contributed by atoms with van der Waals surface area (Å²) in [4.78, 5) is 0. The first-order valence-electron chi connectivity index (χ1n) is 3.92. The summed E-state index contributed by atoms with van der Waals surface area (Å²) < 4.78 is 0. The normalized spacial score (nSPS) is 9.62. The molecule has 0 amide bonds. The van der Waals surface area contributed by atoms with Crippen LogP contribution in [0.1, 0.15) is 0 Å². The molecule has 0 saturated heterocycles. The van der Waals surface area contributed by atoms with E-state index < -0.39 is 0 Å². The van der Waals surface area contributed by atoms with Gasteiger partial charge in [-0.3, -0.25) is 0 Å². The topological polar surface area (TPSA) is 26.0 Å². The van der Waals surface area contributed by atoms with Crippen molar-refractivity contribution in [1.82, 2.24) is 0 Å². The van der Waals surface area contributed by atoms with Gasteiger partial charge in [-0.25, -0.2) is 0 Å². The lowest BCUT2D eigenvalue weighted by Crippen LogP contribution is -1.94. The minimum atomic E-state index is 0.430. The number of nitrogens with two attached hydrogens (primary N) is 1. The molecule has 1 aromatic heterocycles. The average Bonchev–Trinajstić information content (AvgIpc) is 2.77. The molecule has 1 heterocycles. The minimum absolute atomic E-state index is 0.430. The van der Waals surface area contributed by atoms with Crippen LogP contribution in [-0.4, -0.2) is 0 Å². The first-order valence-corrected chi connectivity index (χ1v) is 5.94. The number of benzene rings is 1. The smallest absolute Gasteiger partial charge is 0.00934 e. The van der Waals surface area contributed by atoms with E-state index in [0.29, 0.717) is 8.73 Å². The van der Waals surface area contributed by atoms with Crippen LogP contribution in [0.2, 0.25) is 0 Å². The summed E-state index contributed by atoms with van der Waals surface area (Å²) in [5, 5.41) is 5.30. The van der Waals surface area contributed by atoms with Gasteiger partial charge < -0.3 is 5.50 Å². The van der Waals surface area contributed by atoms with Crippen molar-refractivity contribution in [3.8, 4) is 0 Å². The summed E-state index contributed by atoms with van der Waals surface area (Å²) in [6.45, 7) is 0. The van der Waals surface area contributed by atoms with E-state index in [-0.39, 0.29) is 0 Å². The number of hydrogen-bond acceptors (Lipinski definition) is 2. The quantitative estimate of drug-likeness (QED) is 0.718. The lowest BCUT2D eigenvalue weighted by molar-refractivity contribution is 1.77. The van der Waals surface area contributed by atoms with Crippen LogP contribution in [0.5, 0.6) is 0 Å². The highest BCUT2D eigenvalue weighted by molar-refractivity contribution is 7.44. The average molecular weight is 209 g/mol. The predicted molar refractivity (Wildman–Crippen MR) is 62.9 cm³/mol. The Morgan fingerprint density at radius 2 is 1.54 bits per heavy atom. The highest BCUT2D eigenvalue weighted by Gasteiger charge is 1.80. The minimum Gasteiger partial charge on any atom is -0.308 e. The van der Waals surface area contributed by atoms with Gasteiger partial charge in [0.15, 0.2) is 0 Å². The Kier molecular flexibility index (Phi) is 5.42. The van der Waals surface area contributed by atoms with Gasteiger partial charge in [0.25, 0.3) is 0 Å². The van der Waals surface area contributed by atoms with E-state index in [1.54, 1.807) is 11.3 Å². The molecule has 0 aliphatic rings. The zero-order chi connectivity index (χ0) is 9.36. The monoisotopic (exact) mass is 209 g/mol. The predicted octanol–water partition coefficient (Wildman–Crippen LogP) is 2.61. The second kappa shape index (κ2) is 6.79. The molecule has 0 saturated carbocycles. The fourth-order valence-electron chi connectivity index (χ4n) is 0.761. The second-order valence-electron chi connectivity index (χ2n) is 2.30. The van der Waals surface area contributed by atoms with Gasteiger partial charge in [0.2, 0.25) is 0 Å². The molecule has 68 valence electrons. The zero-order valence-electron chi connectivity index (χ0n) is 7.18. The summed E-state index contributed by atoms with van der Waals surface area (Å²) in [6, 6.07) is 14.1. The third-order valence-corrected chi connectivity index (χ3v) is 2.66. The van der Waals surface area contributed by atoms with Gasteiger partial charge in [0.1, 0.15) is 0 Å². The largest absolute Gasteiger partial charge is 0.308 e. The number of rotatable bonds is 1. The van der Waals surface area contributed by atoms with Crippen LogP contribution in [0.25, 0.3) is 0 Å². The van der Waals surface area contributed by atoms with Crippen molar-refractivity contribution in [2.45, 2.75) is 0 Å². The summed E-state index contributed by atoms with van der Waals surface area (Å²) >= 11 is 1.71. The Balaban J connectivity index is 0.000000145. The molecule has 0 aliphatic carbocycles. The van der Waals surface area contributed by atoms with Gasteiger partial charge >= 0.3 is 0 Å². The van der Waals surface area contributed by atoms with Crippen molar-refractivity contribution < 1.29 is 0 Å². The molecule has 1 aromatic carbocycles. The third kappa shape index (κ3) is 4.79. The van der Waals surface area contributed by atoms with Crippen molar-refractivity contribution in [2.75, 3.05) is 0 Å². The summed E-state index contributed by atoms with van der Waals surface area (Å²) in [7, 11) is 0.430. The number of hydrogen-bond donors (Lipinski definition) is 1. The molecule has 0 radical (unpaired) electrons. The standard InChI is InChI=1S/C6H8NP.C4H4S/c7-8-6-4-2-1-3-5-6;1-2-4-5-3-1/h1-5,8H,7H2;1-4H. The van der Waals surface area contributed by atoms with E-state index in [1.807, 2.05) is 53.2 Å². The molecule has 1 nitrogen and oxygen atoms in total. The maximum atomic E-state index is 5.38. The van der Waals surface area contributed by atoms with Crippen LogP contribution in [-0.2, 0) is 0 Å². The molecular formula is C10H12NPS. The Bertz CT molecular complexity index is 277. The van der Waals surface area contributed by atoms with Crippen molar-refractivity contribution >= 4 is 25.4 Å². The van der Waals surface area contributed by atoms with Crippen molar-refractivity contribution in [3.63, 3.8) is 0 Å². The van der Waals surface area contributed by atoms with Crippen LogP contribution in [0.3, 0.4) is 0 Å². The highest BCUT2D eigenvalue weighted by atomic mass is 32.1. The first-order chi connectivity index (χ1) is 6.43. The third-order valence-electron chi connectivity index (χ3n) is 1.37. The van der Waals surface area contributed by atoms with Crippen LogP contribution < -0.4 is 10.8 Å². The maximum Gasteiger partial charge on any atom is -0.00934 e. The lowest BCUT2D eigenvalue weighted by atomic mass is 10.4. The lowest BCUT2D eigenvalue weighted by Gasteiger charge is -1.89.